The molecule has 1 atom stereocenters. The Bertz CT molecular complexity index is 1060. The maximum absolute atomic E-state index is 13.2. The second-order valence-corrected chi connectivity index (χ2v) is 9.36. The van der Waals surface area contributed by atoms with Gasteiger partial charge in [-0.25, -0.2) is 15.0 Å². The van der Waals surface area contributed by atoms with Gasteiger partial charge in [0.1, 0.15) is 5.69 Å². The van der Waals surface area contributed by atoms with Crippen molar-refractivity contribution in [2.45, 2.75) is 50.9 Å². The number of benzene rings is 1. The molecule has 6 heteroatoms. The van der Waals surface area contributed by atoms with Crippen LogP contribution in [-0.2, 0) is 18.3 Å². The van der Waals surface area contributed by atoms with Gasteiger partial charge in [-0.05, 0) is 44.1 Å². The van der Waals surface area contributed by atoms with E-state index in [1.807, 2.05) is 34.7 Å². The fraction of sp³-hybridized carbons (Fsp3) is 0.417. The van der Waals surface area contributed by atoms with Gasteiger partial charge in [-0.2, -0.15) is 0 Å². The van der Waals surface area contributed by atoms with E-state index in [0.29, 0.717) is 5.69 Å². The van der Waals surface area contributed by atoms with Crippen molar-refractivity contribution < 1.29 is 4.79 Å². The van der Waals surface area contributed by atoms with Gasteiger partial charge in [-0.1, -0.05) is 37.3 Å². The monoisotopic (exact) mass is 418 g/mol. The van der Waals surface area contributed by atoms with Gasteiger partial charge in [0.05, 0.1) is 10.7 Å². The van der Waals surface area contributed by atoms with Gasteiger partial charge in [0, 0.05) is 35.6 Å². The molecule has 154 valence electrons. The van der Waals surface area contributed by atoms with E-state index in [-0.39, 0.29) is 11.3 Å². The normalized spacial score (nSPS) is 20.5. The maximum atomic E-state index is 13.2. The third-order valence-corrected chi connectivity index (χ3v) is 7.28. The number of hydrogen-bond donors (Lipinski definition) is 0. The first-order chi connectivity index (χ1) is 14.7. The quantitative estimate of drug-likeness (QED) is 0.618. The van der Waals surface area contributed by atoms with Crippen LogP contribution in [0, 0.1) is 0 Å². The average Bonchev–Trinajstić information content (AvgIpc) is 3.39. The molecule has 2 aromatic heterocycles. The van der Waals surface area contributed by atoms with Gasteiger partial charge in [0.25, 0.3) is 5.91 Å². The Labute approximate surface area is 181 Å². The van der Waals surface area contributed by atoms with E-state index in [2.05, 4.69) is 29.0 Å². The number of rotatable bonds is 4. The highest BCUT2D eigenvalue weighted by Crippen LogP contribution is 2.44. The van der Waals surface area contributed by atoms with Crippen LogP contribution in [0.4, 0.5) is 0 Å². The van der Waals surface area contributed by atoms with Crippen LogP contribution < -0.4 is 0 Å². The SMILES string of the molecule is CCCc1nc(C(=O)N2CCCC3(CCc4cnc(-c5ccccc5)nc43)C2)cs1. The summed E-state index contributed by atoms with van der Waals surface area (Å²) in [5.74, 6) is 0.848. The lowest BCUT2D eigenvalue weighted by atomic mass is 9.77. The van der Waals surface area contributed by atoms with E-state index in [9.17, 15) is 4.79 Å². The molecule has 5 rings (SSSR count). The van der Waals surface area contributed by atoms with Crippen LogP contribution in [0.1, 0.15) is 59.4 Å². The van der Waals surface area contributed by atoms with Gasteiger partial charge in [0.2, 0.25) is 0 Å². The van der Waals surface area contributed by atoms with E-state index >= 15 is 0 Å². The Morgan fingerprint density at radius 1 is 1.20 bits per heavy atom. The van der Waals surface area contributed by atoms with Crippen molar-refractivity contribution in [2.75, 3.05) is 13.1 Å². The lowest BCUT2D eigenvalue weighted by Gasteiger charge is -2.40. The number of thiazole rings is 1. The maximum Gasteiger partial charge on any atom is 0.273 e. The van der Waals surface area contributed by atoms with Crippen LogP contribution in [0.15, 0.2) is 41.9 Å². The highest BCUT2D eigenvalue weighted by atomic mass is 32.1. The Kier molecular flexibility index (Phi) is 5.11. The third kappa shape index (κ3) is 3.43. The number of aryl methyl sites for hydroxylation is 2. The van der Waals surface area contributed by atoms with Crippen LogP contribution in [0.3, 0.4) is 0 Å². The Balaban J connectivity index is 1.43. The molecule has 1 aliphatic heterocycles. The highest BCUT2D eigenvalue weighted by molar-refractivity contribution is 7.09. The molecule has 0 radical (unpaired) electrons. The summed E-state index contributed by atoms with van der Waals surface area (Å²) in [4.78, 5) is 29.4. The van der Waals surface area contributed by atoms with E-state index in [1.165, 1.54) is 5.56 Å². The minimum absolute atomic E-state index is 0.0576. The molecule has 1 aromatic carbocycles. The number of fused-ring (bicyclic) bond motifs is 2. The number of amides is 1. The van der Waals surface area contributed by atoms with Crippen molar-refractivity contribution in [1.82, 2.24) is 19.9 Å². The van der Waals surface area contributed by atoms with Crippen molar-refractivity contribution in [3.05, 3.63) is 63.9 Å². The molecule has 1 unspecified atom stereocenters. The van der Waals surface area contributed by atoms with Crippen molar-refractivity contribution in [3.8, 4) is 11.4 Å². The van der Waals surface area contributed by atoms with E-state index in [0.717, 1.165) is 73.7 Å². The number of carbonyl (C=O) groups excluding carboxylic acids is 1. The van der Waals surface area contributed by atoms with Crippen molar-refractivity contribution in [3.63, 3.8) is 0 Å². The summed E-state index contributed by atoms with van der Waals surface area (Å²) in [7, 11) is 0. The Morgan fingerprint density at radius 2 is 2.07 bits per heavy atom. The average molecular weight is 419 g/mol. The molecule has 0 N–H and O–H groups in total. The number of nitrogens with zero attached hydrogens (tertiary/aromatic N) is 4. The van der Waals surface area contributed by atoms with Crippen LogP contribution >= 0.6 is 11.3 Å². The molecular weight excluding hydrogens is 392 g/mol. The molecule has 0 bridgehead atoms. The summed E-state index contributed by atoms with van der Waals surface area (Å²) in [5.41, 5.74) is 3.97. The van der Waals surface area contributed by atoms with E-state index in [1.54, 1.807) is 11.3 Å². The molecule has 1 aliphatic carbocycles. The predicted octanol–water partition coefficient (Wildman–Crippen LogP) is 4.67. The molecule has 2 aliphatic rings. The lowest BCUT2D eigenvalue weighted by molar-refractivity contribution is 0.0628. The fourth-order valence-electron chi connectivity index (χ4n) is 4.87. The molecule has 30 heavy (non-hydrogen) atoms. The van der Waals surface area contributed by atoms with Gasteiger partial charge >= 0.3 is 0 Å². The largest absolute Gasteiger partial charge is 0.336 e. The van der Waals surface area contributed by atoms with Crippen LogP contribution in [-0.4, -0.2) is 38.8 Å². The minimum Gasteiger partial charge on any atom is -0.336 e. The minimum atomic E-state index is -0.0576. The summed E-state index contributed by atoms with van der Waals surface area (Å²) in [6, 6.07) is 10.1. The van der Waals surface area contributed by atoms with Gasteiger partial charge in [-0.3, -0.25) is 4.79 Å². The molecule has 1 amide bonds. The summed E-state index contributed by atoms with van der Waals surface area (Å²) >= 11 is 1.60. The molecule has 3 aromatic rings. The first-order valence-electron chi connectivity index (χ1n) is 10.8. The smallest absolute Gasteiger partial charge is 0.273 e. The summed E-state index contributed by atoms with van der Waals surface area (Å²) in [6.07, 6.45) is 8.09. The summed E-state index contributed by atoms with van der Waals surface area (Å²) in [5, 5.41) is 2.98. The van der Waals surface area contributed by atoms with E-state index in [4.69, 9.17) is 4.98 Å². The number of carbonyl (C=O) groups is 1. The first-order valence-corrected chi connectivity index (χ1v) is 11.7. The zero-order valence-electron chi connectivity index (χ0n) is 17.3. The Hall–Kier alpha value is -2.60. The first kappa shape index (κ1) is 19.4. The number of piperidine rings is 1. The Morgan fingerprint density at radius 3 is 2.90 bits per heavy atom. The summed E-state index contributed by atoms with van der Waals surface area (Å²) < 4.78 is 0. The topological polar surface area (TPSA) is 59.0 Å². The molecule has 5 nitrogen and oxygen atoms in total. The fourth-order valence-corrected chi connectivity index (χ4v) is 5.74. The van der Waals surface area contributed by atoms with Gasteiger partial charge < -0.3 is 4.90 Å². The highest BCUT2D eigenvalue weighted by Gasteiger charge is 2.45. The molecular formula is C24H26N4OS. The van der Waals surface area contributed by atoms with Crippen molar-refractivity contribution in [1.29, 1.82) is 0 Å². The molecule has 1 spiro atoms. The van der Waals surface area contributed by atoms with E-state index < -0.39 is 0 Å². The van der Waals surface area contributed by atoms with Gasteiger partial charge in [-0.15, -0.1) is 11.3 Å². The predicted molar refractivity (Wildman–Crippen MR) is 119 cm³/mol. The second kappa shape index (κ2) is 7.91. The molecule has 0 saturated carbocycles. The summed E-state index contributed by atoms with van der Waals surface area (Å²) in [6.45, 7) is 3.66. The lowest BCUT2D eigenvalue weighted by Crippen LogP contribution is -2.48. The van der Waals surface area contributed by atoms with Crippen LogP contribution in [0.5, 0.6) is 0 Å². The zero-order chi connectivity index (χ0) is 20.6. The standard InChI is InChI=1S/C24H26N4OS/c1-2-7-20-26-19(15-30-20)23(29)28-13-6-11-24(16-28)12-10-18-14-25-22(27-21(18)24)17-8-4-3-5-9-17/h3-5,8-9,14-15H,2,6-7,10-13,16H2,1H3. The van der Waals surface area contributed by atoms with Crippen LogP contribution in [0.25, 0.3) is 11.4 Å². The van der Waals surface area contributed by atoms with Gasteiger partial charge in [0.15, 0.2) is 5.82 Å². The molecule has 1 saturated heterocycles. The third-order valence-electron chi connectivity index (χ3n) is 6.37. The van der Waals surface area contributed by atoms with Crippen molar-refractivity contribution in [2.24, 2.45) is 0 Å². The zero-order valence-corrected chi connectivity index (χ0v) is 18.1. The van der Waals surface area contributed by atoms with Crippen LogP contribution in [0.2, 0.25) is 0 Å². The number of hydrogen-bond acceptors (Lipinski definition) is 5. The second-order valence-electron chi connectivity index (χ2n) is 8.42. The number of likely N-dealkylation sites (tertiary alicyclic amines) is 1. The molecule has 3 heterocycles. The molecule has 1 fully saturated rings. The number of aromatic nitrogens is 3. The van der Waals surface area contributed by atoms with Crippen molar-refractivity contribution >= 4 is 17.2 Å².